The number of carbonyl (C=O) groups is 2. The van der Waals surface area contributed by atoms with Gasteiger partial charge < -0.3 is 14.7 Å². The maximum absolute atomic E-state index is 12.9. The van der Waals surface area contributed by atoms with Crippen LogP contribution >= 0.6 is 11.6 Å². The largest absolute Gasteiger partial charge is 0.507 e. The van der Waals surface area contributed by atoms with Crippen LogP contribution in [0.25, 0.3) is 5.76 Å². The molecule has 1 heterocycles. The lowest BCUT2D eigenvalue weighted by atomic mass is 9.95. The molecule has 0 spiro atoms. The van der Waals surface area contributed by atoms with Crippen LogP contribution in [-0.4, -0.2) is 35.4 Å². The Hall–Kier alpha value is -2.79. The summed E-state index contributed by atoms with van der Waals surface area (Å²) in [4.78, 5) is 27.1. The molecular weight excluding hydrogens is 378 g/mol. The summed E-state index contributed by atoms with van der Waals surface area (Å²) in [5, 5.41) is 11.4. The molecule has 1 atom stereocenters. The molecule has 1 aliphatic heterocycles. The zero-order chi connectivity index (χ0) is 20.3. The van der Waals surface area contributed by atoms with E-state index in [1.165, 1.54) is 18.1 Å². The molecule has 1 fully saturated rings. The molecule has 2 aromatic carbocycles. The van der Waals surface area contributed by atoms with E-state index in [1.807, 2.05) is 37.3 Å². The molecule has 2 aromatic rings. The number of hydrogen-bond donors (Lipinski definition) is 1. The second-order valence-corrected chi connectivity index (χ2v) is 7.04. The number of unbranched alkanes of at least 4 members (excludes halogenated alkanes) is 1. The normalized spacial score (nSPS) is 18.5. The first-order chi connectivity index (χ1) is 13.5. The highest BCUT2D eigenvalue weighted by molar-refractivity contribution is 6.46. The highest BCUT2D eigenvalue weighted by Gasteiger charge is 2.45. The van der Waals surface area contributed by atoms with Crippen molar-refractivity contribution >= 4 is 29.1 Å². The van der Waals surface area contributed by atoms with Gasteiger partial charge in [-0.15, -0.1) is 0 Å². The number of nitrogens with zero attached hydrogens (tertiary/aromatic N) is 1. The van der Waals surface area contributed by atoms with E-state index < -0.39 is 17.7 Å². The molecule has 1 saturated heterocycles. The number of benzene rings is 2. The van der Waals surface area contributed by atoms with Gasteiger partial charge in [-0.1, -0.05) is 55.3 Å². The summed E-state index contributed by atoms with van der Waals surface area (Å²) in [6.45, 7) is 2.45. The number of aliphatic hydroxyl groups is 1. The van der Waals surface area contributed by atoms with Gasteiger partial charge in [0, 0.05) is 11.6 Å². The van der Waals surface area contributed by atoms with Gasteiger partial charge in [-0.05, 0) is 30.2 Å². The van der Waals surface area contributed by atoms with Crippen molar-refractivity contribution in [1.82, 2.24) is 4.90 Å². The second kappa shape index (κ2) is 8.48. The Morgan fingerprint density at radius 2 is 1.89 bits per heavy atom. The minimum absolute atomic E-state index is 0.0490. The fourth-order valence-electron chi connectivity index (χ4n) is 3.43. The maximum Gasteiger partial charge on any atom is 0.295 e. The number of carbonyl (C=O) groups excluding carboxylic acids is 2. The lowest BCUT2D eigenvalue weighted by molar-refractivity contribution is -0.139. The molecule has 1 aliphatic rings. The molecule has 5 nitrogen and oxygen atoms in total. The number of ether oxygens (including phenoxy) is 1. The quantitative estimate of drug-likeness (QED) is 0.439. The fraction of sp³-hybridized carbons (Fsp3) is 0.273. The monoisotopic (exact) mass is 399 g/mol. The Labute approximate surface area is 169 Å². The van der Waals surface area contributed by atoms with Gasteiger partial charge in [-0.25, -0.2) is 0 Å². The van der Waals surface area contributed by atoms with Crippen molar-refractivity contribution in [2.24, 2.45) is 0 Å². The molecule has 1 unspecified atom stereocenters. The number of hydrogen-bond acceptors (Lipinski definition) is 4. The van der Waals surface area contributed by atoms with E-state index in [1.54, 1.807) is 12.1 Å². The van der Waals surface area contributed by atoms with Crippen LogP contribution in [-0.2, 0) is 9.59 Å². The minimum Gasteiger partial charge on any atom is -0.507 e. The molecule has 1 amide bonds. The summed E-state index contributed by atoms with van der Waals surface area (Å²) in [7, 11) is 1.47. The van der Waals surface area contributed by atoms with Gasteiger partial charge in [0.2, 0.25) is 0 Å². The molecule has 28 heavy (non-hydrogen) atoms. The van der Waals surface area contributed by atoms with Crippen LogP contribution in [0.2, 0.25) is 5.02 Å². The van der Waals surface area contributed by atoms with Crippen LogP contribution in [0.3, 0.4) is 0 Å². The van der Waals surface area contributed by atoms with Crippen LogP contribution in [0.15, 0.2) is 54.1 Å². The number of ketones is 1. The van der Waals surface area contributed by atoms with Gasteiger partial charge in [0.25, 0.3) is 11.7 Å². The topological polar surface area (TPSA) is 66.8 Å². The number of methoxy groups -OCH3 is 1. The van der Waals surface area contributed by atoms with Crippen molar-refractivity contribution < 1.29 is 19.4 Å². The predicted molar refractivity (Wildman–Crippen MR) is 108 cm³/mol. The van der Waals surface area contributed by atoms with Gasteiger partial charge in [-0.3, -0.25) is 9.59 Å². The van der Waals surface area contributed by atoms with Crippen LogP contribution in [0.4, 0.5) is 0 Å². The molecule has 0 radical (unpaired) electrons. The smallest absolute Gasteiger partial charge is 0.295 e. The molecule has 6 heteroatoms. The highest BCUT2D eigenvalue weighted by Crippen LogP contribution is 2.41. The summed E-state index contributed by atoms with van der Waals surface area (Å²) in [5.74, 6) is -1.23. The van der Waals surface area contributed by atoms with Crippen LogP contribution in [0.5, 0.6) is 5.75 Å². The molecule has 3 rings (SSSR count). The fourth-order valence-corrected chi connectivity index (χ4v) is 3.60. The SMILES string of the molecule is CCCCN1C(=O)C(=O)/C(=C(/O)c2cc(Cl)ccc2OC)C1c1ccccc1. The summed E-state index contributed by atoms with van der Waals surface area (Å²) in [5.41, 5.74) is 1.10. The van der Waals surface area contributed by atoms with E-state index in [2.05, 4.69) is 0 Å². The number of halogens is 1. The van der Waals surface area contributed by atoms with Crippen LogP contribution < -0.4 is 4.74 Å². The first-order valence-corrected chi connectivity index (χ1v) is 9.54. The summed E-state index contributed by atoms with van der Waals surface area (Å²) < 4.78 is 5.31. The average Bonchev–Trinajstić information content (AvgIpc) is 2.97. The molecular formula is C22H22ClNO4. The van der Waals surface area contributed by atoms with Gasteiger partial charge >= 0.3 is 0 Å². The number of rotatable bonds is 6. The molecule has 1 N–H and O–H groups in total. The van der Waals surface area contributed by atoms with Crippen LogP contribution in [0.1, 0.15) is 36.9 Å². The minimum atomic E-state index is -0.704. The summed E-state index contributed by atoms with van der Waals surface area (Å²) in [6.07, 6.45) is 1.64. The Kier molecular flexibility index (Phi) is 6.05. The molecule has 0 aliphatic carbocycles. The van der Waals surface area contributed by atoms with E-state index in [-0.39, 0.29) is 16.9 Å². The number of likely N-dealkylation sites (tertiary alicyclic amines) is 1. The van der Waals surface area contributed by atoms with E-state index in [9.17, 15) is 14.7 Å². The standard InChI is InChI=1S/C22H22ClNO4/c1-3-4-12-24-19(14-8-6-5-7-9-14)18(21(26)22(24)27)20(25)16-13-15(23)10-11-17(16)28-2/h5-11,13,19,25H,3-4,12H2,1-2H3/b20-18+. The lowest BCUT2D eigenvalue weighted by Gasteiger charge is -2.25. The highest BCUT2D eigenvalue weighted by atomic mass is 35.5. The Bertz CT molecular complexity index is 923. The third-order valence-corrected chi connectivity index (χ3v) is 5.06. The van der Waals surface area contributed by atoms with Crippen molar-refractivity contribution in [2.45, 2.75) is 25.8 Å². The van der Waals surface area contributed by atoms with Crippen molar-refractivity contribution in [1.29, 1.82) is 0 Å². The molecule has 0 bridgehead atoms. The number of amides is 1. The molecule has 0 saturated carbocycles. The van der Waals surface area contributed by atoms with Crippen LogP contribution in [0, 0.1) is 0 Å². The van der Waals surface area contributed by atoms with Gasteiger partial charge in [-0.2, -0.15) is 0 Å². The predicted octanol–water partition coefficient (Wildman–Crippen LogP) is 4.57. The molecule has 146 valence electrons. The first-order valence-electron chi connectivity index (χ1n) is 9.16. The zero-order valence-corrected chi connectivity index (χ0v) is 16.6. The lowest BCUT2D eigenvalue weighted by Crippen LogP contribution is -2.30. The third-order valence-electron chi connectivity index (χ3n) is 4.82. The van der Waals surface area contributed by atoms with Crippen molar-refractivity contribution in [3.05, 3.63) is 70.3 Å². The number of aliphatic hydroxyl groups excluding tert-OH is 1. The van der Waals surface area contributed by atoms with E-state index in [0.717, 1.165) is 18.4 Å². The maximum atomic E-state index is 12.9. The average molecular weight is 400 g/mol. The van der Waals surface area contributed by atoms with E-state index >= 15 is 0 Å². The number of Topliss-reactive ketones (excluding diaryl/α,β-unsaturated/α-hetero) is 1. The van der Waals surface area contributed by atoms with E-state index in [0.29, 0.717) is 17.3 Å². The van der Waals surface area contributed by atoms with Crippen molar-refractivity contribution in [2.75, 3.05) is 13.7 Å². The van der Waals surface area contributed by atoms with Gasteiger partial charge in [0.05, 0.1) is 24.3 Å². The Morgan fingerprint density at radius 1 is 1.18 bits per heavy atom. The van der Waals surface area contributed by atoms with Gasteiger partial charge in [0.15, 0.2) is 0 Å². The van der Waals surface area contributed by atoms with Gasteiger partial charge in [0.1, 0.15) is 11.5 Å². The first kappa shape index (κ1) is 20.0. The zero-order valence-electron chi connectivity index (χ0n) is 15.8. The Morgan fingerprint density at radius 3 is 2.54 bits per heavy atom. The molecule has 0 aromatic heterocycles. The summed E-state index contributed by atoms with van der Waals surface area (Å²) in [6, 6.07) is 13.4. The van der Waals surface area contributed by atoms with Crippen molar-refractivity contribution in [3.63, 3.8) is 0 Å². The van der Waals surface area contributed by atoms with Crippen molar-refractivity contribution in [3.8, 4) is 5.75 Å². The summed E-state index contributed by atoms with van der Waals surface area (Å²) >= 11 is 6.09. The second-order valence-electron chi connectivity index (χ2n) is 6.60. The Balaban J connectivity index is 2.21. The third kappa shape index (κ3) is 3.62. The van der Waals surface area contributed by atoms with E-state index in [4.69, 9.17) is 16.3 Å².